The number of nitrogens with zero attached hydrogens (tertiary/aromatic N) is 2. The van der Waals surface area contributed by atoms with Crippen molar-refractivity contribution in [3.63, 3.8) is 0 Å². The Bertz CT molecular complexity index is 491. The van der Waals surface area contributed by atoms with E-state index in [0.717, 1.165) is 30.0 Å². The van der Waals surface area contributed by atoms with Crippen molar-refractivity contribution in [3.05, 3.63) is 23.4 Å². The van der Waals surface area contributed by atoms with Gasteiger partial charge < -0.3 is 10.6 Å². The molecule has 1 saturated heterocycles. The van der Waals surface area contributed by atoms with Crippen LogP contribution in [-0.2, 0) is 0 Å². The summed E-state index contributed by atoms with van der Waals surface area (Å²) in [5, 5.41) is 0. The minimum absolute atomic E-state index is 0.335. The zero-order valence-electron chi connectivity index (χ0n) is 12.2. The molecule has 0 saturated carbocycles. The first-order valence-electron chi connectivity index (χ1n) is 6.81. The Balaban J connectivity index is 2.30. The van der Waals surface area contributed by atoms with Gasteiger partial charge in [0.05, 0.1) is 5.56 Å². The van der Waals surface area contributed by atoms with Crippen LogP contribution < -0.4 is 10.6 Å². The fraction of sp³-hybridized carbons (Fsp3) is 0.600. The molecule has 1 fully saturated rings. The Morgan fingerprint density at radius 3 is 2.68 bits per heavy atom. The maximum atomic E-state index is 5.87. The zero-order valence-corrected chi connectivity index (χ0v) is 13.0. The topological polar surface area (TPSA) is 42.2 Å². The van der Waals surface area contributed by atoms with Crippen LogP contribution in [0.4, 0.5) is 5.82 Å². The van der Waals surface area contributed by atoms with Gasteiger partial charge in [-0.2, -0.15) is 0 Å². The zero-order chi connectivity index (χ0) is 14.2. The van der Waals surface area contributed by atoms with Crippen molar-refractivity contribution in [1.29, 1.82) is 0 Å². The van der Waals surface area contributed by atoms with Crippen molar-refractivity contribution in [3.8, 4) is 0 Å². The molecule has 1 unspecified atom stereocenters. The summed E-state index contributed by atoms with van der Waals surface area (Å²) in [5.41, 5.74) is 8.25. The second-order valence-electron chi connectivity index (χ2n) is 6.49. The second-order valence-corrected chi connectivity index (χ2v) is 6.93. The Labute approximate surface area is 121 Å². The van der Waals surface area contributed by atoms with Crippen molar-refractivity contribution in [1.82, 2.24) is 4.98 Å². The standard InChI is InChI=1S/C15H23N3S/c1-10-5-7-17-14(12(10)13(16)19)18-8-6-11(9-18)15(2,3)4/h5,7,11H,6,8-9H2,1-4H3,(H2,16,19). The first kappa shape index (κ1) is 14.3. The third-order valence-corrected chi connectivity index (χ3v) is 4.30. The molecule has 2 heterocycles. The maximum Gasteiger partial charge on any atom is 0.139 e. The molecule has 3 nitrogen and oxygen atoms in total. The molecule has 2 N–H and O–H groups in total. The van der Waals surface area contributed by atoms with Crippen LogP contribution in [0.15, 0.2) is 12.3 Å². The van der Waals surface area contributed by atoms with Gasteiger partial charge in [0.25, 0.3) is 0 Å². The van der Waals surface area contributed by atoms with E-state index >= 15 is 0 Å². The van der Waals surface area contributed by atoms with Crippen LogP contribution in [0.25, 0.3) is 0 Å². The van der Waals surface area contributed by atoms with E-state index in [0.29, 0.717) is 16.3 Å². The third-order valence-electron chi connectivity index (χ3n) is 4.10. The monoisotopic (exact) mass is 277 g/mol. The Morgan fingerprint density at radius 2 is 2.16 bits per heavy atom. The van der Waals surface area contributed by atoms with E-state index in [-0.39, 0.29) is 0 Å². The lowest BCUT2D eigenvalue weighted by molar-refractivity contribution is 0.263. The predicted octanol–water partition coefficient (Wildman–Crippen LogP) is 2.90. The Morgan fingerprint density at radius 1 is 1.47 bits per heavy atom. The summed E-state index contributed by atoms with van der Waals surface area (Å²) in [7, 11) is 0. The van der Waals surface area contributed by atoms with Gasteiger partial charge in [-0.15, -0.1) is 0 Å². The lowest BCUT2D eigenvalue weighted by Crippen LogP contribution is -2.28. The normalized spacial score (nSPS) is 19.8. The number of hydrogen-bond acceptors (Lipinski definition) is 3. The summed E-state index contributed by atoms with van der Waals surface area (Å²) in [6, 6.07) is 1.97. The fourth-order valence-electron chi connectivity index (χ4n) is 2.75. The van der Waals surface area contributed by atoms with E-state index in [2.05, 4.69) is 30.7 Å². The van der Waals surface area contributed by atoms with Crippen LogP contribution in [0.1, 0.15) is 38.3 Å². The molecular weight excluding hydrogens is 254 g/mol. The van der Waals surface area contributed by atoms with E-state index < -0.39 is 0 Å². The average molecular weight is 277 g/mol. The molecule has 1 aliphatic heterocycles. The molecule has 1 aliphatic rings. The molecule has 0 bridgehead atoms. The summed E-state index contributed by atoms with van der Waals surface area (Å²) in [5.74, 6) is 1.65. The van der Waals surface area contributed by atoms with E-state index in [1.807, 2.05) is 19.2 Å². The van der Waals surface area contributed by atoms with Crippen LogP contribution in [0.3, 0.4) is 0 Å². The number of anilines is 1. The van der Waals surface area contributed by atoms with Gasteiger partial charge in [-0.1, -0.05) is 33.0 Å². The molecule has 2 rings (SSSR count). The minimum atomic E-state index is 0.335. The SMILES string of the molecule is Cc1ccnc(N2CCC(C(C)(C)C)C2)c1C(N)=S. The van der Waals surface area contributed by atoms with Gasteiger partial charge in [0.1, 0.15) is 10.8 Å². The van der Waals surface area contributed by atoms with Crippen LogP contribution in [0.2, 0.25) is 0 Å². The van der Waals surface area contributed by atoms with Crippen LogP contribution in [0.5, 0.6) is 0 Å². The second kappa shape index (κ2) is 5.08. The predicted molar refractivity (Wildman–Crippen MR) is 84.6 cm³/mol. The molecular formula is C15H23N3S. The number of rotatable bonds is 2. The summed E-state index contributed by atoms with van der Waals surface area (Å²) < 4.78 is 0. The van der Waals surface area contributed by atoms with Gasteiger partial charge in [-0.25, -0.2) is 4.98 Å². The number of aromatic nitrogens is 1. The summed E-state index contributed by atoms with van der Waals surface area (Å²) in [6.45, 7) is 11.0. The highest BCUT2D eigenvalue weighted by atomic mass is 32.1. The number of aryl methyl sites for hydroxylation is 1. The van der Waals surface area contributed by atoms with Crippen molar-refractivity contribution < 1.29 is 0 Å². The molecule has 1 aromatic rings. The van der Waals surface area contributed by atoms with Gasteiger partial charge in [-0.3, -0.25) is 0 Å². The summed E-state index contributed by atoms with van der Waals surface area (Å²) >= 11 is 5.19. The molecule has 0 amide bonds. The van der Waals surface area contributed by atoms with E-state index in [4.69, 9.17) is 18.0 Å². The van der Waals surface area contributed by atoms with Gasteiger partial charge >= 0.3 is 0 Å². The van der Waals surface area contributed by atoms with Gasteiger partial charge in [0.15, 0.2) is 0 Å². The first-order valence-corrected chi connectivity index (χ1v) is 7.22. The molecule has 4 heteroatoms. The molecule has 19 heavy (non-hydrogen) atoms. The van der Waals surface area contributed by atoms with E-state index in [1.54, 1.807) is 0 Å². The average Bonchev–Trinajstić information content (AvgIpc) is 2.76. The van der Waals surface area contributed by atoms with Gasteiger partial charge in [-0.05, 0) is 36.3 Å². The molecule has 0 aromatic carbocycles. The number of hydrogen-bond donors (Lipinski definition) is 1. The molecule has 1 atom stereocenters. The molecule has 0 aliphatic carbocycles. The highest BCUT2D eigenvalue weighted by Gasteiger charge is 2.33. The quantitative estimate of drug-likeness (QED) is 0.844. The lowest BCUT2D eigenvalue weighted by atomic mass is 9.80. The maximum absolute atomic E-state index is 5.87. The highest BCUT2D eigenvalue weighted by Crippen LogP contribution is 2.36. The number of nitrogens with two attached hydrogens (primary N) is 1. The third kappa shape index (κ3) is 2.89. The Hall–Kier alpha value is -1.16. The van der Waals surface area contributed by atoms with Crippen LogP contribution >= 0.6 is 12.2 Å². The van der Waals surface area contributed by atoms with Crippen molar-refractivity contribution in [2.75, 3.05) is 18.0 Å². The number of thiocarbonyl (C=S) groups is 1. The van der Waals surface area contributed by atoms with Crippen LogP contribution in [-0.4, -0.2) is 23.1 Å². The highest BCUT2D eigenvalue weighted by molar-refractivity contribution is 7.80. The molecule has 1 aromatic heterocycles. The number of pyridine rings is 1. The van der Waals surface area contributed by atoms with E-state index in [9.17, 15) is 0 Å². The smallest absolute Gasteiger partial charge is 0.139 e. The largest absolute Gasteiger partial charge is 0.389 e. The van der Waals surface area contributed by atoms with Crippen LogP contribution in [0, 0.1) is 18.3 Å². The van der Waals surface area contributed by atoms with Crippen molar-refractivity contribution in [2.45, 2.75) is 34.1 Å². The van der Waals surface area contributed by atoms with Crippen molar-refractivity contribution >= 4 is 23.0 Å². The molecule has 0 spiro atoms. The minimum Gasteiger partial charge on any atom is -0.389 e. The first-order chi connectivity index (χ1) is 8.80. The fourth-order valence-corrected chi connectivity index (χ4v) is 3.00. The molecule has 104 valence electrons. The van der Waals surface area contributed by atoms with Gasteiger partial charge in [0, 0.05) is 19.3 Å². The summed E-state index contributed by atoms with van der Waals surface area (Å²) in [6.07, 6.45) is 3.05. The Kier molecular flexibility index (Phi) is 3.81. The summed E-state index contributed by atoms with van der Waals surface area (Å²) in [4.78, 5) is 7.29. The van der Waals surface area contributed by atoms with Gasteiger partial charge in [0.2, 0.25) is 0 Å². The van der Waals surface area contributed by atoms with E-state index in [1.165, 1.54) is 6.42 Å². The van der Waals surface area contributed by atoms with Crippen molar-refractivity contribution in [2.24, 2.45) is 17.1 Å². The molecule has 0 radical (unpaired) electrons. The lowest BCUT2D eigenvalue weighted by Gasteiger charge is -2.28.